The zero-order valence-electron chi connectivity index (χ0n) is 15.0. The fraction of sp³-hybridized carbons (Fsp3) is 0.556. The van der Waals surface area contributed by atoms with Gasteiger partial charge in [0.15, 0.2) is 0 Å². The van der Waals surface area contributed by atoms with Crippen LogP contribution < -0.4 is 0 Å². The van der Waals surface area contributed by atoms with E-state index in [0.29, 0.717) is 26.2 Å². The van der Waals surface area contributed by atoms with Gasteiger partial charge in [0.1, 0.15) is 13.2 Å². The number of rotatable bonds is 6. The predicted octanol–water partition coefficient (Wildman–Crippen LogP) is 2.03. The number of likely N-dealkylation sites (N-methyl/N-ethyl adjacent to an activating group) is 2. The molecule has 25 heavy (non-hydrogen) atoms. The average Bonchev–Trinajstić information content (AvgIpc) is 2.64. The van der Waals surface area contributed by atoms with E-state index in [1.165, 1.54) is 4.90 Å². The minimum absolute atomic E-state index is 0.166. The molecule has 2 amide bonds. The number of carbonyl (C=O) groups excluding carboxylic acids is 2. The second kappa shape index (κ2) is 9.88. The first-order chi connectivity index (χ1) is 12.1. The molecule has 0 atom stereocenters. The molecule has 1 aliphatic heterocycles. The van der Waals surface area contributed by atoms with Crippen molar-refractivity contribution in [1.82, 2.24) is 14.7 Å². The summed E-state index contributed by atoms with van der Waals surface area (Å²) in [7, 11) is 2.03. The van der Waals surface area contributed by atoms with E-state index in [1.54, 1.807) is 4.90 Å². The quantitative estimate of drug-likeness (QED) is 0.786. The Morgan fingerprint density at radius 1 is 1.08 bits per heavy atom. The standard InChI is InChI=1S/C18H27N3O4/c1-3-20(17(22)25-15-16-7-5-4-6-8-16)13-14-24-18(23)21-11-9-19(2)10-12-21/h4-8H,3,9-15H2,1-2H3. The summed E-state index contributed by atoms with van der Waals surface area (Å²) in [6, 6.07) is 9.53. The number of carbonyl (C=O) groups is 2. The highest BCUT2D eigenvalue weighted by atomic mass is 16.6. The zero-order chi connectivity index (χ0) is 18.1. The Kier molecular flexibility index (Phi) is 7.53. The minimum Gasteiger partial charge on any atom is -0.448 e. The maximum absolute atomic E-state index is 12.1. The molecule has 0 unspecified atom stereocenters. The van der Waals surface area contributed by atoms with Gasteiger partial charge in [0.25, 0.3) is 0 Å². The molecule has 1 aliphatic rings. The lowest BCUT2D eigenvalue weighted by Gasteiger charge is -2.31. The van der Waals surface area contributed by atoms with E-state index in [2.05, 4.69) is 4.90 Å². The lowest BCUT2D eigenvalue weighted by atomic mass is 10.2. The number of hydrogen-bond acceptors (Lipinski definition) is 5. The van der Waals surface area contributed by atoms with Gasteiger partial charge in [-0.15, -0.1) is 0 Å². The molecular weight excluding hydrogens is 322 g/mol. The molecule has 0 saturated carbocycles. The highest BCUT2D eigenvalue weighted by Crippen LogP contribution is 2.05. The van der Waals surface area contributed by atoms with Crippen LogP contribution in [0.2, 0.25) is 0 Å². The third-order valence-electron chi connectivity index (χ3n) is 4.19. The Morgan fingerprint density at radius 2 is 1.76 bits per heavy atom. The van der Waals surface area contributed by atoms with Gasteiger partial charge in [-0.1, -0.05) is 30.3 Å². The van der Waals surface area contributed by atoms with Gasteiger partial charge in [0, 0.05) is 32.7 Å². The van der Waals surface area contributed by atoms with Gasteiger partial charge in [-0.3, -0.25) is 0 Å². The zero-order valence-corrected chi connectivity index (χ0v) is 15.0. The van der Waals surface area contributed by atoms with Gasteiger partial charge < -0.3 is 24.2 Å². The Bertz CT molecular complexity index is 545. The second-order valence-electron chi connectivity index (χ2n) is 6.02. The van der Waals surface area contributed by atoms with Gasteiger partial charge in [0.05, 0.1) is 6.54 Å². The Morgan fingerprint density at radius 3 is 2.40 bits per heavy atom. The molecule has 0 bridgehead atoms. The van der Waals surface area contributed by atoms with Crippen LogP contribution in [0.25, 0.3) is 0 Å². The van der Waals surface area contributed by atoms with Crippen LogP contribution in [0.5, 0.6) is 0 Å². The molecule has 0 radical (unpaired) electrons. The molecule has 7 nitrogen and oxygen atoms in total. The van der Waals surface area contributed by atoms with E-state index in [1.807, 2.05) is 44.3 Å². The van der Waals surface area contributed by atoms with E-state index in [-0.39, 0.29) is 19.3 Å². The highest BCUT2D eigenvalue weighted by molar-refractivity contribution is 5.68. The molecule has 0 spiro atoms. The molecule has 138 valence electrons. The van der Waals surface area contributed by atoms with Crippen LogP contribution in [-0.2, 0) is 16.1 Å². The van der Waals surface area contributed by atoms with E-state index < -0.39 is 6.09 Å². The van der Waals surface area contributed by atoms with Crippen molar-refractivity contribution in [3.63, 3.8) is 0 Å². The fourth-order valence-electron chi connectivity index (χ4n) is 2.51. The first-order valence-corrected chi connectivity index (χ1v) is 8.66. The largest absolute Gasteiger partial charge is 0.448 e. The summed E-state index contributed by atoms with van der Waals surface area (Å²) in [4.78, 5) is 29.5. The lowest BCUT2D eigenvalue weighted by molar-refractivity contribution is 0.0640. The van der Waals surface area contributed by atoms with E-state index in [9.17, 15) is 9.59 Å². The Labute approximate surface area is 149 Å². The van der Waals surface area contributed by atoms with Crippen molar-refractivity contribution in [2.45, 2.75) is 13.5 Å². The molecule has 1 saturated heterocycles. The Hall–Kier alpha value is -2.28. The van der Waals surface area contributed by atoms with Crippen molar-refractivity contribution in [3.8, 4) is 0 Å². The van der Waals surface area contributed by atoms with Crippen molar-refractivity contribution in [2.24, 2.45) is 0 Å². The van der Waals surface area contributed by atoms with Crippen LogP contribution in [-0.4, -0.2) is 79.8 Å². The minimum atomic E-state index is -0.401. The summed E-state index contributed by atoms with van der Waals surface area (Å²) in [6.45, 7) is 6.13. The number of hydrogen-bond donors (Lipinski definition) is 0. The van der Waals surface area contributed by atoms with E-state index in [0.717, 1.165) is 18.7 Å². The van der Waals surface area contributed by atoms with Crippen LogP contribution in [0, 0.1) is 0 Å². The summed E-state index contributed by atoms with van der Waals surface area (Å²) in [5.74, 6) is 0. The second-order valence-corrected chi connectivity index (χ2v) is 6.02. The summed E-state index contributed by atoms with van der Waals surface area (Å²) < 4.78 is 10.6. The molecule has 0 aliphatic carbocycles. The average molecular weight is 349 g/mol. The van der Waals surface area contributed by atoms with Crippen LogP contribution in [0.4, 0.5) is 9.59 Å². The lowest BCUT2D eigenvalue weighted by Crippen LogP contribution is -2.47. The van der Waals surface area contributed by atoms with E-state index in [4.69, 9.17) is 9.47 Å². The maximum Gasteiger partial charge on any atom is 0.410 e. The number of amides is 2. The number of benzene rings is 1. The molecule has 1 heterocycles. The SMILES string of the molecule is CCN(CCOC(=O)N1CCN(C)CC1)C(=O)OCc1ccccc1. The number of nitrogens with zero attached hydrogens (tertiary/aromatic N) is 3. The van der Waals surface area contributed by atoms with Crippen LogP contribution in [0.15, 0.2) is 30.3 Å². The highest BCUT2D eigenvalue weighted by Gasteiger charge is 2.21. The molecule has 2 rings (SSSR count). The summed E-state index contributed by atoms with van der Waals surface area (Å²) in [6.07, 6.45) is -0.719. The number of piperazine rings is 1. The summed E-state index contributed by atoms with van der Waals surface area (Å²) in [5.41, 5.74) is 0.938. The monoisotopic (exact) mass is 349 g/mol. The predicted molar refractivity (Wildman–Crippen MR) is 94.3 cm³/mol. The molecule has 0 N–H and O–H groups in total. The van der Waals surface area contributed by atoms with Crippen molar-refractivity contribution in [2.75, 3.05) is 52.9 Å². The molecule has 0 aromatic heterocycles. The first kappa shape index (κ1) is 19.1. The third kappa shape index (κ3) is 6.26. The van der Waals surface area contributed by atoms with Crippen molar-refractivity contribution >= 4 is 12.2 Å². The van der Waals surface area contributed by atoms with Gasteiger partial charge in [-0.05, 0) is 19.5 Å². The first-order valence-electron chi connectivity index (χ1n) is 8.66. The summed E-state index contributed by atoms with van der Waals surface area (Å²) >= 11 is 0. The van der Waals surface area contributed by atoms with Crippen LogP contribution >= 0.6 is 0 Å². The Balaban J connectivity index is 1.68. The van der Waals surface area contributed by atoms with Crippen molar-refractivity contribution < 1.29 is 19.1 Å². The molecule has 1 aromatic carbocycles. The molecule has 7 heteroatoms. The van der Waals surface area contributed by atoms with Gasteiger partial charge in [0.2, 0.25) is 0 Å². The smallest absolute Gasteiger partial charge is 0.410 e. The number of ether oxygens (including phenoxy) is 2. The van der Waals surface area contributed by atoms with Gasteiger partial charge in [-0.25, -0.2) is 9.59 Å². The molecule has 1 aromatic rings. The molecule has 1 fully saturated rings. The molecular formula is C18H27N3O4. The normalized spacial score (nSPS) is 14.9. The van der Waals surface area contributed by atoms with E-state index >= 15 is 0 Å². The van der Waals surface area contributed by atoms with Crippen LogP contribution in [0.1, 0.15) is 12.5 Å². The van der Waals surface area contributed by atoms with Gasteiger partial charge >= 0.3 is 12.2 Å². The van der Waals surface area contributed by atoms with Crippen molar-refractivity contribution in [1.29, 1.82) is 0 Å². The van der Waals surface area contributed by atoms with Crippen molar-refractivity contribution in [3.05, 3.63) is 35.9 Å². The fourth-order valence-corrected chi connectivity index (χ4v) is 2.51. The van der Waals surface area contributed by atoms with Crippen LogP contribution in [0.3, 0.4) is 0 Å². The van der Waals surface area contributed by atoms with Gasteiger partial charge in [-0.2, -0.15) is 0 Å². The third-order valence-corrected chi connectivity index (χ3v) is 4.19. The summed E-state index contributed by atoms with van der Waals surface area (Å²) in [5, 5.41) is 0. The maximum atomic E-state index is 12.1. The topological polar surface area (TPSA) is 62.3 Å².